The van der Waals surface area contributed by atoms with Crippen LogP contribution in [0.2, 0.25) is 5.02 Å². The molecule has 0 radical (unpaired) electrons. The molecule has 0 spiro atoms. The maximum Gasteiger partial charge on any atom is 0.252 e. The molecule has 1 aromatic rings. The Kier molecular flexibility index (Phi) is 6.26. The van der Waals surface area contributed by atoms with E-state index in [0.29, 0.717) is 17.9 Å². The Morgan fingerprint density at radius 1 is 1.29 bits per heavy atom. The molecule has 0 aliphatic carbocycles. The zero-order valence-electron chi connectivity index (χ0n) is 12.3. The first-order valence-electron chi connectivity index (χ1n) is 6.42. The average Bonchev–Trinajstić information content (AvgIpc) is 2.51. The summed E-state index contributed by atoms with van der Waals surface area (Å²) in [7, 11) is 2.89. The number of rotatable bonds is 7. The smallest absolute Gasteiger partial charge is 0.252 e. The second-order valence-corrected chi connectivity index (χ2v) is 5.01. The molecule has 1 rings (SSSR count). The maximum atomic E-state index is 12.3. The molecule has 6 nitrogen and oxygen atoms in total. The Bertz CT molecular complexity index is 494. The van der Waals surface area contributed by atoms with E-state index >= 15 is 0 Å². The van der Waals surface area contributed by atoms with Gasteiger partial charge in [-0.1, -0.05) is 18.5 Å². The maximum absolute atomic E-state index is 12.3. The normalized spacial score (nSPS) is 11.1. The summed E-state index contributed by atoms with van der Waals surface area (Å²) in [5, 5.41) is 21.6. The molecular weight excluding hydrogens is 298 g/mol. The zero-order chi connectivity index (χ0) is 16.0. The van der Waals surface area contributed by atoms with Crippen molar-refractivity contribution >= 4 is 17.5 Å². The number of carbonyl (C=O) groups excluding carboxylic acids is 1. The Labute approximate surface area is 128 Å². The SMILES string of the molecule is CCC(CO)(CO)NC(=O)c1cc(Cl)c(OC)c(OC)c1. The summed E-state index contributed by atoms with van der Waals surface area (Å²) in [6, 6.07) is 2.92. The van der Waals surface area contributed by atoms with E-state index in [9.17, 15) is 15.0 Å². The highest BCUT2D eigenvalue weighted by Crippen LogP contribution is 2.36. The minimum atomic E-state index is -1.07. The number of nitrogens with one attached hydrogen (secondary N) is 1. The average molecular weight is 318 g/mol. The summed E-state index contributed by atoms with van der Waals surface area (Å²) in [4.78, 5) is 12.3. The molecule has 0 fully saturated rings. The molecule has 3 N–H and O–H groups in total. The van der Waals surface area contributed by atoms with Crippen LogP contribution in [0.3, 0.4) is 0 Å². The predicted octanol–water partition coefficient (Wildman–Crippen LogP) is 1.22. The number of aliphatic hydroxyl groups is 2. The van der Waals surface area contributed by atoms with Crippen LogP contribution in [0.25, 0.3) is 0 Å². The number of carbonyl (C=O) groups is 1. The van der Waals surface area contributed by atoms with Crippen molar-refractivity contribution in [1.82, 2.24) is 5.32 Å². The van der Waals surface area contributed by atoms with Crippen molar-refractivity contribution in [3.63, 3.8) is 0 Å². The lowest BCUT2D eigenvalue weighted by molar-refractivity contribution is 0.0652. The molecule has 0 aromatic heterocycles. The summed E-state index contributed by atoms with van der Waals surface area (Å²) in [6.07, 6.45) is 0.382. The molecule has 1 aromatic carbocycles. The minimum absolute atomic E-state index is 0.233. The second kappa shape index (κ2) is 7.49. The lowest BCUT2D eigenvalue weighted by atomic mass is 9.97. The monoisotopic (exact) mass is 317 g/mol. The minimum Gasteiger partial charge on any atom is -0.493 e. The molecule has 0 bridgehead atoms. The van der Waals surface area contributed by atoms with Gasteiger partial charge in [0.2, 0.25) is 0 Å². The van der Waals surface area contributed by atoms with E-state index in [4.69, 9.17) is 21.1 Å². The van der Waals surface area contributed by atoms with Crippen molar-refractivity contribution in [2.75, 3.05) is 27.4 Å². The van der Waals surface area contributed by atoms with E-state index in [1.165, 1.54) is 26.4 Å². The third-order valence-corrected chi connectivity index (χ3v) is 3.64. The van der Waals surface area contributed by atoms with Gasteiger partial charge in [-0.2, -0.15) is 0 Å². The van der Waals surface area contributed by atoms with Crippen LogP contribution in [0.1, 0.15) is 23.7 Å². The van der Waals surface area contributed by atoms with Gasteiger partial charge >= 0.3 is 0 Å². The van der Waals surface area contributed by atoms with Gasteiger partial charge in [-0.15, -0.1) is 0 Å². The first-order chi connectivity index (χ1) is 9.96. The Hall–Kier alpha value is -1.50. The van der Waals surface area contributed by atoms with E-state index in [-0.39, 0.29) is 23.8 Å². The van der Waals surface area contributed by atoms with Crippen molar-refractivity contribution < 1.29 is 24.5 Å². The molecule has 7 heteroatoms. The van der Waals surface area contributed by atoms with E-state index in [1.54, 1.807) is 6.92 Å². The van der Waals surface area contributed by atoms with E-state index < -0.39 is 11.4 Å². The van der Waals surface area contributed by atoms with E-state index in [1.807, 2.05) is 0 Å². The van der Waals surface area contributed by atoms with Crippen LogP contribution in [-0.4, -0.2) is 49.1 Å². The number of amides is 1. The van der Waals surface area contributed by atoms with Crippen LogP contribution in [0.15, 0.2) is 12.1 Å². The summed E-state index contributed by atoms with van der Waals surface area (Å²) < 4.78 is 10.2. The van der Waals surface area contributed by atoms with E-state index in [2.05, 4.69) is 5.32 Å². The lowest BCUT2D eigenvalue weighted by Crippen LogP contribution is -2.53. The van der Waals surface area contributed by atoms with Gasteiger partial charge in [0.05, 0.1) is 38.0 Å². The van der Waals surface area contributed by atoms with E-state index in [0.717, 1.165) is 0 Å². The van der Waals surface area contributed by atoms with Gasteiger partial charge in [-0.05, 0) is 18.6 Å². The van der Waals surface area contributed by atoms with Crippen molar-refractivity contribution in [2.24, 2.45) is 0 Å². The van der Waals surface area contributed by atoms with Crippen molar-refractivity contribution in [3.05, 3.63) is 22.7 Å². The Morgan fingerprint density at radius 2 is 1.90 bits per heavy atom. The van der Waals surface area contributed by atoms with Gasteiger partial charge in [0, 0.05) is 5.56 Å². The van der Waals surface area contributed by atoms with Crippen LogP contribution < -0.4 is 14.8 Å². The number of benzene rings is 1. The van der Waals surface area contributed by atoms with Gasteiger partial charge in [-0.3, -0.25) is 4.79 Å². The third-order valence-electron chi connectivity index (χ3n) is 3.36. The standard InChI is InChI=1S/C14H20ClNO5/c1-4-14(7-17,8-18)16-13(19)9-5-10(15)12(21-3)11(6-9)20-2/h5-6,17-18H,4,7-8H2,1-3H3,(H,16,19). The molecule has 1 amide bonds. The highest BCUT2D eigenvalue weighted by atomic mass is 35.5. The summed E-state index contributed by atoms with van der Waals surface area (Å²) in [6.45, 7) is 1.02. The molecule has 0 aliphatic rings. The van der Waals surface area contributed by atoms with Gasteiger partial charge in [0.15, 0.2) is 11.5 Å². The van der Waals surface area contributed by atoms with Gasteiger partial charge in [0.25, 0.3) is 5.91 Å². The van der Waals surface area contributed by atoms with Crippen LogP contribution >= 0.6 is 11.6 Å². The second-order valence-electron chi connectivity index (χ2n) is 4.60. The fraction of sp³-hybridized carbons (Fsp3) is 0.500. The van der Waals surface area contributed by atoms with Gasteiger partial charge in [-0.25, -0.2) is 0 Å². The highest BCUT2D eigenvalue weighted by molar-refractivity contribution is 6.32. The van der Waals surface area contributed by atoms with Crippen molar-refractivity contribution in [1.29, 1.82) is 0 Å². The fourth-order valence-electron chi connectivity index (χ4n) is 1.80. The number of ether oxygens (including phenoxy) is 2. The Morgan fingerprint density at radius 3 is 2.33 bits per heavy atom. The molecule has 0 saturated heterocycles. The number of methoxy groups -OCH3 is 2. The predicted molar refractivity (Wildman–Crippen MR) is 79.2 cm³/mol. The summed E-state index contributed by atoms with van der Waals surface area (Å²) in [5.74, 6) is 0.190. The van der Waals surface area contributed by atoms with Crippen molar-refractivity contribution in [2.45, 2.75) is 18.9 Å². The number of hydrogen-bond acceptors (Lipinski definition) is 5. The quantitative estimate of drug-likeness (QED) is 0.704. The first-order valence-corrected chi connectivity index (χ1v) is 6.80. The van der Waals surface area contributed by atoms with Crippen LogP contribution in [0.5, 0.6) is 11.5 Å². The summed E-state index contributed by atoms with van der Waals surface area (Å²) >= 11 is 6.05. The molecule has 21 heavy (non-hydrogen) atoms. The molecule has 0 saturated carbocycles. The highest BCUT2D eigenvalue weighted by Gasteiger charge is 2.29. The van der Waals surface area contributed by atoms with Crippen LogP contribution in [0.4, 0.5) is 0 Å². The van der Waals surface area contributed by atoms with Crippen LogP contribution in [-0.2, 0) is 0 Å². The fourth-order valence-corrected chi connectivity index (χ4v) is 2.09. The third kappa shape index (κ3) is 3.78. The Balaban J connectivity index is 3.11. The number of hydrogen-bond donors (Lipinski definition) is 3. The summed E-state index contributed by atoms with van der Waals surface area (Å²) in [5.41, 5.74) is -0.825. The molecular formula is C14H20ClNO5. The topological polar surface area (TPSA) is 88.0 Å². The molecule has 118 valence electrons. The van der Waals surface area contributed by atoms with Crippen LogP contribution in [0, 0.1) is 0 Å². The number of aliphatic hydroxyl groups excluding tert-OH is 2. The lowest BCUT2D eigenvalue weighted by Gasteiger charge is -2.29. The van der Waals surface area contributed by atoms with Gasteiger partial charge < -0.3 is 25.0 Å². The van der Waals surface area contributed by atoms with Crippen molar-refractivity contribution in [3.8, 4) is 11.5 Å². The van der Waals surface area contributed by atoms with Gasteiger partial charge in [0.1, 0.15) is 0 Å². The molecule has 0 atom stereocenters. The molecule has 0 aliphatic heterocycles. The molecule has 0 heterocycles. The largest absolute Gasteiger partial charge is 0.493 e. The zero-order valence-corrected chi connectivity index (χ0v) is 13.0. The number of halogens is 1. The first kappa shape index (κ1) is 17.6. The molecule has 0 unspecified atom stereocenters.